The molecule has 0 aromatic heterocycles. The Morgan fingerprint density at radius 2 is 1.82 bits per heavy atom. The van der Waals surface area contributed by atoms with Crippen LogP contribution in [0.5, 0.6) is 0 Å². The Hall–Kier alpha value is -1.63. The van der Waals surface area contributed by atoms with E-state index in [4.69, 9.17) is 16.3 Å². The Bertz CT molecular complexity index is 656. The van der Waals surface area contributed by atoms with Gasteiger partial charge in [0.1, 0.15) is 6.61 Å². The Morgan fingerprint density at radius 1 is 1.11 bits per heavy atom. The maximum Gasteiger partial charge on any atom is 0.246 e. The summed E-state index contributed by atoms with van der Waals surface area (Å²) in [6, 6.07) is 7.45. The van der Waals surface area contributed by atoms with E-state index in [2.05, 4.69) is 10.2 Å². The first-order valence-corrected chi connectivity index (χ1v) is 10.6. The van der Waals surface area contributed by atoms with E-state index in [-0.39, 0.29) is 18.4 Å². The summed E-state index contributed by atoms with van der Waals surface area (Å²) in [5.74, 6) is 0.486. The molecule has 0 radical (unpaired) electrons. The number of benzene rings is 1. The Morgan fingerprint density at radius 3 is 2.54 bits per heavy atom. The number of ether oxygens (including phenoxy) is 1. The molecular formula is C21H30ClN3O3. The Kier molecular flexibility index (Phi) is 8.13. The van der Waals surface area contributed by atoms with Crippen LogP contribution < -0.4 is 5.32 Å². The number of amides is 2. The van der Waals surface area contributed by atoms with Gasteiger partial charge < -0.3 is 15.0 Å². The molecule has 3 rings (SSSR count). The van der Waals surface area contributed by atoms with Gasteiger partial charge in [0.05, 0.1) is 6.61 Å². The summed E-state index contributed by atoms with van der Waals surface area (Å²) in [6.07, 6.45) is 4.50. The fourth-order valence-electron chi connectivity index (χ4n) is 3.90. The predicted molar refractivity (Wildman–Crippen MR) is 109 cm³/mol. The van der Waals surface area contributed by atoms with E-state index in [0.29, 0.717) is 24.1 Å². The van der Waals surface area contributed by atoms with Crippen molar-refractivity contribution in [2.45, 2.75) is 32.3 Å². The molecule has 1 N–H and O–H groups in total. The molecule has 7 heteroatoms. The Balaban J connectivity index is 1.26. The second-order valence-corrected chi connectivity index (χ2v) is 7.99. The lowest BCUT2D eigenvalue weighted by molar-refractivity contribution is -0.137. The topological polar surface area (TPSA) is 61.9 Å². The molecule has 6 nitrogen and oxygen atoms in total. The van der Waals surface area contributed by atoms with Crippen molar-refractivity contribution in [3.05, 3.63) is 34.9 Å². The van der Waals surface area contributed by atoms with Crippen molar-refractivity contribution < 1.29 is 14.3 Å². The fraction of sp³-hybridized carbons (Fsp3) is 0.619. The molecule has 0 atom stereocenters. The highest BCUT2D eigenvalue weighted by Crippen LogP contribution is 2.26. The van der Waals surface area contributed by atoms with E-state index in [1.807, 2.05) is 23.1 Å². The molecule has 1 saturated heterocycles. The number of hydrogen-bond acceptors (Lipinski definition) is 4. The average Bonchev–Trinajstić information content (AvgIpc) is 3.24. The molecule has 2 fully saturated rings. The minimum absolute atomic E-state index is 0.0227. The molecule has 154 valence electrons. The van der Waals surface area contributed by atoms with E-state index in [0.717, 1.165) is 51.1 Å². The second-order valence-electron chi connectivity index (χ2n) is 7.58. The van der Waals surface area contributed by atoms with Gasteiger partial charge in [0.25, 0.3) is 0 Å². The SMILES string of the molecule is O=C(COCc1ccccc1Cl)NCCN1CCN(C(=O)C2CCCC2)CC1. The minimum atomic E-state index is -0.123. The molecule has 2 aliphatic rings. The lowest BCUT2D eigenvalue weighted by Gasteiger charge is -2.36. The average molecular weight is 408 g/mol. The number of nitrogens with one attached hydrogen (secondary N) is 1. The number of halogens is 1. The van der Waals surface area contributed by atoms with Crippen molar-refractivity contribution in [3.63, 3.8) is 0 Å². The maximum atomic E-state index is 12.5. The molecule has 1 aliphatic heterocycles. The first-order chi connectivity index (χ1) is 13.6. The number of piperazine rings is 1. The van der Waals surface area contributed by atoms with E-state index in [1.54, 1.807) is 6.07 Å². The molecular weight excluding hydrogens is 378 g/mol. The van der Waals surface area contributed by atoms with Crippen LogP contribution in [0.2, 0.25) is 5.02 Å². The highest BCUT2D eigenvalue weighted by Gasteiger charge is 2.29. The van der Waals surface area contributed by atoms with Crippen molar-refractivity contribution in [3.8, 4) is 0 Å². The van der Waals surface area contributed by atoms with E-state index >= 15 is 0 Å². The van der Waals surface area contributed by atoms with Crippen molar-refractivity contribution in [2.75, 3.05) is 45.9 Å². The number of carbonyl (C=O) groups is 2. The fourth-order valence-corrected chi connectivity index (χ4v) is 4.09. The van der Waals surface area contributed by atoms with Gasteiger partial charge in [-0.05, 0) is 24.5 Å². The summed E-state index contributed by atoms with van der Waals surface area (Å²) >= 11 is 6.07. The lowest BCUT2D eigenvalue weighted by Crippen LogP contribution is -2.51. The van der Waals surface area contributed by atoms with E-state index in [1.165, 1.54) is 12.8 Å². The monoisotopic (exact) mass is 407 g/mol. The largest absolute Gasteiger partial charge is 0.367 e. The molecule has 0 spiro atoms. The van der Waals surface area contributed by atoms with Crippen molar-refractivity contribution in [1.82, 2.24) is 15.1 Å². The number of rotatable bonds is 8. The Labute approximate surface area is 172 Å². The first kappa shape index (κ1) is 21.1. The van der Waals surface area contributed by atoms with Crippen LogP contribution >= 0.6 is 11.6 Å². The zero-order chi connectivity index (χ0) is 19.8. The van der Waals surface area contributed by atoms with Gasteiger partial charge in [-0.1, -0.05) is 42.6 Å². The standard InChI is InChI=1S/C21H30ClN3O3/c22-19-8-4-3-7-18(19)15-28-16-20(26)23-9-10-24-11-13-25(14-12-24)21(27)17-5-1-2-6-17/h3-4,7-8,17H,1-2,5-6,9-16H2,(H,23,26). The van der Waals surface area contributed by atoms with Gasteiger partial charge in [0.2, 0.25) is 11.8 Å². The van der Waals surface area contributed by atoms with Crippen LogP contribution in [0.3, 0.4) is 0 Å². The van der Waals surface area contributed by atoms with Crippen LogP contribution in [-0.2, 0) is 20.9 Å². The zero-order valence-corrected chi connectivity index (χ0v) is 17.1. The van der Waals surface area contributed by atoms with Crippen LogP contribution in [0.15, 0.2) is 24.3 Å². The number of hydrogen-bond donors (Lipinski definition) is 1. The summed E-state index contributed by atoms with van der Waals surface area (Å²) in [5.41, 5.74) is 0.877. The van der Waals surface area contributed by atoms with Crippen LogP contribution in [0.4, 0.5) is 0 Å². The van der Waals surface area contributed by atoms with Crippen molar-refractivity contribution in [2.24, 2.45) is 5.92 Å². The van der Waals surface area contributed by atoms with Crippen molar-refractivity contribution >= 4 is 23.4 Å². The van der Waals surface area contributed by atoms with Gasteiger partial charge in [-0.15, -0.1) is 0 Å². The summed E-state index contributed by atoms with van der Waals surface area (Å²) in [7, 11) is 0. The summed E-state index contributed by atoms with van der Waals surface area (Å²) < 4.78 is 5.44. The molecule has 0 unspecified atom stereocenters. The van der Waals surface area contributed by atoms with Gasteiger partial charge in [-0.2, -0.15) is 0 Å². The highest BCUT2D eigenvalue weighted by molar-refractivity contribution is 6.31. The van der Waals surface area contributed by atoms with E-state index < -0.39 is 0 Å². The third kappa shape index (κ3) is 6.19. The normalized spacial score (nSPS) is 18.4. The number of nitrogens with zero attached hydrogens (tertiary/aromatic N) is 2. The zero-order valence-electron chi connectivity index (χ0n) is 16.4. The molecule has 28 heavy (non-hydrogen) atoms. The van der Waals surface area contributed by atoms with Crippen LogP contribution in [0.1, 0.15) is 31.2 Å². The third-order valence-electron chi connectivity index (χ3n) is 5.59. The van der Waals surface area contributed by atoms with Crippen LogP contribution in [-0.4, -0.2) is 67.5 Å². The van der Waals surface area contributed by atoms with Gasteiger partial charge in [-0.3, -0.25) is 14.5 Å². The smallest absolute Gasteiger partial charge is 0.246 e. The lowest BCUT2D eigenvalue weighted by atomic mass is 10.1. The highest BCUT2D eigenvalue weighted by atomic mass is 35.5. The molecule has 1 heterocycles. The van der Waals surface area contributed by atoms with Crippen LogP contribution in [0, 0.1) is 5.92 Å². The van der Waals surface area contributed by atoms with Gasteiger partial charge in [0.15, 0.2) is 0 Å². The maximum absolute atomic E-state index is 12.5. The molecule has 1 aromatic carbocycles. The molecule has 1 aliphatic carbocycles. The van der Waals surface area contributed by atoms with Gasteiger partial charge in [0, 0.05) is 50.2 Å². The van der Waals surface area contributed by atoms with E-state index in [9.17, 15) is 9.59 Å². The molecule has 2 amide bonds. The minimum Gasteiger partial charge on any atom is -0.367 e. The summed E-state index contributed by atoms with van der Waals surface area (Å²) in [6.45, 7) is 5.06. The molecule has 0 bridgehead atoms. The van der Waals surface area contributed by atoms with Gasteiger partial charge in [-0.25, -0.2) is 0 Å². The first-order valence-electron chi connectivity index (χ1n) is 10.2. The molecule has 1 aromatic rings. The summed E-state index contributed by atoms with van der Waals surface area (Å²) in [4.78, 5) is 28.7. The second kappa shape index (κ2) is 10.8. The molecule has 1 saturated carbocycles. The van der Waals surface area contributed by atoms with Gasteiger partial charge >= 0.3 is 0 Å². The quantitative estimate of drug-likeness (QED) is 0.718. The number of carbonyl (C=O) groups excluding carboxylic acids is 2. The van der Waals surface area contributed by atoms with Crippen LogP contribution in [0.25, 0.3) is 0 Å². The van der Waals surface area contributed by atoms with Crippen molar-refractivity contribution in [1.29, 1.82) is 0 Å². The summed E-state index contributed by atoms with van der Waals surface area (Å²) in [5, 5.41) is 3.54. The third-order valence-corrected chi connectivity index (χ3v) is 5.96. The predicted octanol–water partition coefficient (Wildman–Crippen LogP) is 2.31.